The topological polar surface area (TPSA) is 71.1 Å². The smallest absolute Gasteiger partial charge is 0.270 e. The molecule has 1 heterocycles. The molecule has 0 saturated heterocycles. The van der Waals surface area contributed by atoms with Crippen LogP contribution in [0.4, 0.5) is 10.1 Å². The zero-order valence-electron chi connectivity index (χ0n) is 10.8. The molecule has 0 aliphatic heterocycles. The monoisotopic (exact) mass is 307 g/mol. The number of hydrogen-bond acceptors (Lipinski definition) is 3. The minimum absolute atomic E-state index is 0.122. The maximum absolute atomic E-state index is 12.7. The van der Waals surface area contributed by atoms with Crippen molar-refractivity contribution in [2.45, 2.75) is 0 Å². The zero-order valence-corrected chi connectivity index (χ0v) is 11.5. The molecule has 0 aliphatic carbocycles. The van der Waals surface area contributed by atoms with Crippen molar-refractivity contribution >= 4 is 29.1 Å². The highest BCUT2D eigenvalue weighted by Crippen LogP contribution is 2.08. The molecule has 2 amide bonds. The maximum atomic E-state index is 12.7. The van der Waals surface area contributed by atoms with Crippen LogP contribution in [0.2, 0.25) is 5.02 Å². The van der Waals surface area contributed by atoms with Gasteiger partial charge < -0.3 is 10.6 Å². The third kappa shape index (κ3) is 4.54. The van der Waals surface area contributed by atoms with Crippen molar-refractivity contribution in [3.05, 3.63) is 59.1 Å². The summed E-state index contributed by atoms with van der Waals surface area (Å²) >= 11 is 5.74. The van der Waals surface area contributed by atoms with Gasteiger partial charge in [0, 0.05) is 16.9 Å². The highest BCUT2D eigenvalue weighted by molar-refractivity contribution is 6.30. The summed E-state index contributed by atoms with van der Waals surface area (Å²) in [5.41, 5.74) is 0.564. The van der Waals surface area contributed by atoms with Gasteiger partial charge in [0.15, 0.2) is 0 Å². The highest BCUT2D eigenvalue weighted by atomic mass is 35.5. The van der Waals surface area contributed by atoms with Gasteiger partial charge in [0.1, 0.15) is 11.5 Å². The third-order valence-corrected chi connectivity index (χ3v) is 2.73. The second-order valence-corrected chi connectivity index (χ2v) is 4.53. The van der Waals surface area contributed by atoms with Crippen molar-refractivity contribution in [1.29, 1.82) is 0 Å². The van der Waals surface area contributed by atoms with Gasteiger partial charge in [-0.1, -0.05) is 11.6 Å². The number of hydrogen-bond donors (Lipinski definition) is 2. The number of aromatic nitrogens is 1. The van der Waals surface area contributed by atoms with Gasteiger partial charge in [0.2, 0.25) is 5.91 Å². The van der Waals surface area contributed by atoms with Crippen LogP contribution in [0.15, 0.2) is 42.6 Å². The van der Waals surface area contributed by atoms with E-state index >= 15 is 0 Å². The summed E-state index contributed by atoms with van der Waals surface area (Å²) in [5, 5.41) is 5.31. The normalized spacial score (nSPS) is 10.0. The lowest BCUT2D eigenvalue weighted by molar-refractivity contribution is -0.115. The lowest BCUT2D eigenvalue weighted by Crippen LogP contribution is -2.33. The summed E-state index contributed by atoms with van der Waals surface area (Å²) in [6.07, 6.45) is 1.40. The van der Waals surface area contributed by atoms with Gasteiger partial charge in [-0.05, 0) is 36.4 Å². The van der Waals surface area contributed by atoms with Crippen molar-refractivity contribution in [1.82, 2.24) is 10.3 Å². The Morgan fingerprint density at radius 3 is 2.57 bits per heavy atom. The molecular weight excluding hydrogens is 297 g/mol. The molecule has 2 N–H and O–H groups in total. The van der Waals surface area contributed by atoms with E-state index in [0.29, 0.717) is 10.7 Å². The molecule has 0 atom stereocenters. The summed E-state index contributed by atoms with van der Waals surface area (Å²) in [6, 6.07) is 8.24. The van der Waals surface area contributed by atoms with Crippen LogP contribution in [0.5, 0.6) is 0 Å². The van der Waals surface area contributed by atoms with Crippen LogP contribution in [0.1, 0.15) is 10.5 Å². The van der Waals surface area contributed by atoms with E-state index in [0.717, 1.165) is 0 Å². The van der Waals surface area contributed by atoms with Crippen molar-refractivity contribution in [2.24, 2.45) is 0 Å². The van der Waals surface area contributed by atoms with Gasteiger partial charge in [-0.25, -0.2) is 4.39 Å². The number of pyridine rings is 1. The van der Waals surface area contributed by atoms with Crippen molar-refractivity contribution < 1.29 is 14.0 Å². The van der Waals surface area contributed by atoms with E-state index in [9.17, 15) is 14.0 Å². The first-order valence-corrected chi connectivity index (χ1v) is 6.37. The molecule has 108 valence electrons. The number of rotatable bonds is 4. The van der Waals surface area contributed by atoms with E-state index < -0.39 is 17.6 Å². The molecule has 2 aromatic rings. The fourth-order valence-electron chi connectivity index (χ4n) is 1.52. The van der Waals surface area contributed by atoms with Crippen LogP contribution in [-0.2, 0) is 4.79 Å². The number of nitrogens with zero attached hydrogens (tertiary/aromatic N) is 1. The molecule has 5 nitrogen and oxygen atoms in total. The van der Waals surface area contributed by atoms with Crippen LogP contribution < -0.4 is 10.6 Å². The van der Waals surface area contributed by atoms with Gasteiger partial charge in [-0.2, -0.15) is 0 Å². The summed E-state index contributed by atoms with van der Waals surface area (Å²) in [5.74, 6) is -1.34. The Bertz CT molecular complexity index is 662. The first-order chi connectivity index (χ1) is 10.0. The standard InChI is InChI=1S/C14H11ClFN3O2/c15-9-5-6-17-12(7-9)14(21)18-8-13(20)19-11-3-1-10(16)2-4-11/h1-7H,8H2,(H,18,21)(H,19,20). The van der Waals surface area contributed by atoms with Crippen molar-refractivity contribution in [2.75, 3.05) is 11.9 Å². The van der Waals surface area contributed by atoms with Crippen LogP contribution >= 0.6 is 11.6 Å². The summed E-state index contributed by atoms with van der Waals surface area (Å²) in [6.45, 7) is -0.232. The van der Waals surface area contributed by atoms with Gasteiger partial charge in [-0.3, -0.25) is 14.6 Å². The molecule has 0 radical (unpaired) electrons. The molecule has 1 aromatic heterocycles. The molecule has 21 heavy (non-hydrogen) atoms. The first kappa shape index (κ1) is 14.9. The molecule has 0 fully saturated rings. The quantitative estimate of drug-likeness (QED) is 0.910. The maximum Gasteiger partial charge on any atom is 0.270 e. The second kappa shape index (κ2) is 6.81. The molecule has 0 unspecified atom stereocenters. The van der Waals surface area contributed by atoms with Crippen LogP contribution in [-0.4, -0.2) is 23.3 Å². The average Bonchev–Trinajstić information content (AvgIpc) is 2.47. The lowest BCUT2D eigenvalue weighted by Gasteiger charge is -2.06. The Morgan fingerprint density at radius 2 is 1.90 bits per heavy atom. The number of carbonyl (C=O) groups excluding carboxylic acids is 2. The average molecular weight is 308 g/mol. The Morgan fingerprint density at radius 1 is 1.19 bits per heavy atom. The van der Waals surface area contributed by atoms with Crippen LogP contribution in [0.25, 0.3) is 0 Å². The van der Waals surface area contributed by atoms with Crippen molar-refractivity contribution in [3.8, 4) is 0 Å². The minimum Gasteiger partial charge on any atom is -0.342 e. The molecule has 0 spiro atoms. The van der Waals surface area contributed by atoms with Crippen LogP contribution in [0, 0.1) is 5.82 Å². The fourth-order valence-corrected chi connectivity index (χ4v) is 1.68. The Labute approximate surface area is 125 Å². The fraction of sp³-hybridized carbons (Fsp3) is 0.0714. The molecular formula is C14H11ClFN3O2. The Kier molecular flexibility index (Phi) is 4.84. The van der Waals surface area contributed by atoms with Crippen LogP contribution in [0.3, 0.4) is 0 Å². The number of anilines is 1. The summed E-state index contributed by atoms with van der Waals surface area (Å²) in [4.78, 5) is 27.2. The molecule has 0 saturated carbocycles. The lowest BCUT2D eigenvalue weighted by atomic mass is 10.3. The van der Waals surface area contributed by atoms with E-state index in [-0.39, 0.29) is 12.2 Å². The molecule has 7 heteroatoms. The number of amides is 2. The number of benzene rings is 1. The van der Waals surface area contributed by atoms with Gasteiger partial charge in [0.25, 0.3) is 5.91 Å². The van der Waals surface area contributed by atoms with Gasteiger partial charge in [-0.15, -0.1) is 0 Å². The van der Waals surface area contributed by atoms with E-state index in [4.69, 9.17) is 11.6 Å². The zero-order chi connectivity index (χ0) is 15.2. The Balaban J connectivity index is 1.86. The number of halogens is 2. The predicted octanol–water partition coefficient (Wildman–Crippen LogP) is 2.24. The second-order valence-electron chi connectivity index (χ2n) is 4.10. The SMILES string of the molecule is O=C(CNC(=O)c1cc(Cl)ccn1)Nc1ccc(F)cc1. The van der Waals surface area contributed by atoms with Gasteiger partial charge >= 0.3 is 0 Å². The molecule has 1 aromatic carbocycles. The predicted molar refractivity (Wildman–Crippen MR) is 76.6 cm³/mol. The molecule has 0 bridgehead atoms. The summed E-state index contributed by atoms with van der Waals surface area (Å²) in [7, 11) is 0. The van der Waals surface area contributed by atoms with E-state index in [1.807, 2.05) is 0 Å². The highest BCUT2D eigenvalue weighted by Gasteiger charge is 2.09. The van der Waals surface area contributed by atoms with E-state index in [1.54, 1.807) is 6.07 Å². The minimum atomic E-state index is -0.508. The first-order valence-electron chi connectivity index (χ1n) is 6.00. The number of nitrogens with one attached hydrogen (secondary N) is 2. The largest absolute Gasteiger partial charge is 0.342 e. The van der Waals surface area contributed by atoms with Crippen molar-refractivity contribution in [3.63, 3.8) is 0 Å². The number of carbonyl (C=O) groups is 2. The van der Waals surface area contributed by atoms with E-state index in [2.05, 4.69) is 15.6 Å². The Hall–Kier alpha value is -2.47. The van der Waals surface area contributed by atoms with E-state index in [1.165, 1.54) is 36.5 Å². The molecule has 0 aliphatic rings. The summed E-state index contributed by atoms with van der Waals surface area (Å²) < 4.78 is 12.7. The molecule has 2 rings (SSSR count). The van der Waals surface area contributed by atoms with Gasteiger partial charge in [0.05, 0.1) is 6.54 Å². The third-order valence-electron chi connectivity index (χ3n) is 2.49.